The van der Waals surface area contributed by atoms with E-state index in [0.717, 1.165) is 4.90 Å². The summed E-state index contributed by atoms with van der Waals surface area (Å²) in [5.74, 6) is -11.6. The van der Waals surface area contributed by atoms with E-state index < -0.39 is 151 Å². The number of rotatable bonds is 34. The summed E-state index contributed by atoms with van der Waals surface area (Å²) in [6.45, 7) is 6.35. The van der Waals surface area contributed by atoms with Crippen molar-refractivity contribution in [1.82, 2.24) is 57.4 Å². The summed E-state index contributed by atoms with van der Waals surface area (Å²) in [7, 11) is 0. The van der Waals surface area contributed by atoms with Crippen LogP contribution >= 0.6 is 0 Å². The normalized spacial score (nSPS) is 16.2. The SMILES string of the molecule is CC(C)C[C@H](NC(=O)[C@@H](N)CCC(N)=O)C(=O)N[C@H](C(=O)N[C@@H](CO)C(=O)N[C@@H](Cc1cnc[nH]1)C(=O)N[C@@H](C)C(=O)N[C@@H](CCC(N)=O)C(=O)N1CCC[C@H]1C(=O)N[C@@H](CCCN=C(N)N)C(=O)NCC(=O)O)C(C)C. The van der Waals surface area contributed by atoms with Crippen molar-refractivity contribution in [2.45, 2.75) is 153 Å². The summed E-state index contributed by atoms with van der Waals surface area (Å²) in [5, 5.41) is 39.1. The number of carbonyl (C=O) groups is 12. The number of H-pyrrole nitrogens is 1. The molecule has 0 aromatic carbocycles. The zero-order valence-electron chi connectivity index (χ0n) is 43.9. The van der Waals surface area contributed by atoms with Gasteiger partial charge in [0.1, 0.15) is 54.9 Å². The Morgan fingerprint density at radius 2 is 1.31 bits per heavy atom. The molecule has 0 spiro atoms. The Morgan fingerprint density at radius 1 is 0.714 bits per heavy atom. The van der Waals surface area contributed by atoms with Crippen molar-refractivity contribution in [1.29, 1.82) is 0 Å². The van der Waals surface area contributed by atoms with Crippen molar-refractivity contribution >= 4 is 76.9 Å². The third-order valence-electron chi connectivity index (χ3n) is 11.9. The summed E-state index contributed by atoms with van der Waals surface area (Å²) in [4.78, 5) is 168. The highest BCUT2D eigenvalue weighted by atomic mass is 16.4. The molecule has 1 fully saturated rings. The van der Waals surface area contributed by atoms with E-state index in [1.54, 1.807) is 27.7 Å². The first-order valence-electron chi connectivity index (χ1n) is 25.0. The van der Waals surface area contributed by atoms with E-state index in [0.29, 0.717) is 12.1 Å². The van der Waals surface area contributed by atoms with Gasteiger partial charge in [-0.05, 0) is 63.7 Å². The fraction of sp³-hybridized carbons (Fsp3) is 0.652. The first-order valence-corrected chi connectivity index (χ1v) is 25.0. The molecule has 11 amide bonds. The predicted molar refractivity (Wildman–Crippen MR) is 273 cm³/mol. The average molecular weight is 1090 g/mol. The van der Waals surface area contributed by atoms with E-state index >= 15 is 0 Å². The van der Waals surface area contributed by atoms with Gasteiger partial charge in [-0.25, -0.2) is 4.98 Å². The number of amides is 11. The number of aliphatic hydroxyl groups is 1. The van der Waals surface area contributed by atoms with Crippen molar-refractivity contribution in [3.8, 4) is 0 Å². The predicted octanol–water partition coefficient (Wildman–Crippen LogP) is -6.84. The van der Waals surface area contributed by atoms with E-state index in [9.17, 15) is 62.6 Å². The number of nitrogens with two attached hydrogens (primary N) is 5. The number of aliphatic carboxylic acids is 1. The number of imidazole rings is 1. The maximum atomic E-state index is 14.1. The third-order valence-corrected chi connectivity index (χ3v) is 11.9. The van der Waals surface area contributed by atoms with Crippen LogP contribution in [0.2, 0.25) is 0 Å². The first kappa shape index (κ1) is 65.2. The van der Waals surface area contributed by atoms with Gasteiger partial charge in [0.15, 0.2) is 5.96 Å². The third kappa shape index (κ3) is 23.2. The highest BCUT2D eigenvalue weighted by Crippen LogP contribution is 2.21. The van der Waals surface area contributed by atoms with Crippen LogP contribution in [0.5, 0.6) is 0 Å². The molecule has 77 heavy (non-hydrogen) atoms. The Hall–Kier alpha value is -7.96. The van der Waals surface area contributed by atoms with Crippen LogP contribution < -0.4 is 71.2 Å². The molecule has 2 rings (SSSR count). The van der Waals surface area contributed by atoms with Gasteiger partial charge in [-0.15, -0.1) is 0 Å². The van der Waals surface area contributed by atoms with Crippen LogP contribution in [0.25, 0.3) is 0 Å². The number of aromatic nitrogens is 2. The minimum absolute atomic E-state index is 0.0132. The summed E-state index contributed by atoms with van der Waals surface area (Å²) in [6.07, 6.45) is 2.10. The van der Waals surface area contributed by atoms with Crippen LogP contribution in [0.15, 0.2) is 17.5 Å². The Balaban J connectivity index is 2.27. The van der Waals surface area contributed by atoms with Crippen molar-refractivity contribution in [2.24, 2.45) is 45.5 Å². The van der Waals surface area contributed by atoms with Crippen LogP contribution in [0.3, 0.4) is 0 Å². The summed E-state index contributed by atoms with van der Waals surface area (Å²) in [5.41, 5.74) is 27.5. The molecule has 31 heteroatoms. The minimum Gasteiger partial charge on any atom is -0.480 e. The molecule has 430 valence electrons. The zero-order chi connectivity index (χ0) is 58.1. The van der Waals surface area contributed by atoms with Crippen LogP contribution in [0, 0.1) is 11.8 Å². The molecule has 1 aliphatic rings. The molecular weight excluding hydrogens is 1010 g/mol. The fourth-order valence-corrected chi connectivity index (χ4v) is 7.80. The topological polar surface area (TPSA) is 516 Å². The number of aliphatic imine (C=N–C) groups is 1. The second-order valence-corrected chi connectivity index (χ2v) is 19.2. The monoisotopic (exact) mass is 1090 g/mol. The Bertz CT molecular complexity index is 2260. The fourth-order valence-electron chi connectivity index (χ4n) is 7.80. The molecule has 31 nitrogen and oxygen atoms in total. The number of nitrogens with one attached hydrogen (secondary N) is 9. The number of hydrogen-bond donors (Lipinski definition) is 16. The lowest BCUT2D eigenvalue weighted by Crippen LogP contribution is -2.61. The van der Waals surface area contributed by atoms with Gasteiger partial charge in [-0.3, -0.25) is 62.5 Å². The number of guanidine groups is 1. The van der Waals surface area contributed by atoms with Crippen molar-refractivity contribution in [3.05, 3.63) is 18.2 Å². The molecule has 0 radical (unpaired) electrons. The molecule has 0 unspecified atom stereocenters. The van der Waals surface area contributed by atoms with Gasteiger partial charge in [0.2, 0.25) is 65.0 Å². The van der Waals surface area contributed by atoms with Crippen LogP contribution in [0.4, 0.5) is 0 Å². The first-order chi connectivity index (χ1) is 36.1. The molecule has 1 saturated heterocycles. The van der Waals surface area contributed by atoms with E-state index in [2.05, 4.69) is 57.5 Å². The molecule has 21 N–H and O–H groups in total. The van der Waals surface area contributed by atoms with Gasteiger partial charge in [-0.1, -0.05) is 27.7 Å². The molecule has 0 saturated carbocycles. The van der Waals surface area contributed by atoms with Crippen LogP contribution in [-0.2, 0) is 64.0 Å². The summed E-state index contributed by atoms with van der Waals surface area (Å²) < 4.78 is 0. The number of aliphatic hydroxyl groups excluding tert-OH is 1. The van der Waals surface area contributed by atoms with Crippen LogP contribution in [0.1, 0.15) is 98.1 Å². The number of nitrogens with zero attached hydrogens (tertiary/aromatic N) is 3. The molecule has 1 aromatic rings. The van der Waals surface area contributed by atoms with Gasteiger partial charge in [0.25, 0.3) is 0 Å². The molecule has 9 atom stereocenters. The molecule has 1 aromatic heterocycles. The van der Waals surface area contributed by atoms with Gasteiger partial charge in [0, 0.05) is 44.2 Å². The largest absolute Gasteiger partial charge is 0.480 e. The number of carboxylic acid groups (broad SMARTS) is 1. The number of hydrogen-bond acceptors (Lipinski definition) is 16. The zero-order valence-corrected chi connectivity index (χ0v) is 43.9. The smallest absolute Gasteiger partial charge is 0.322 e. The molecule has 1 aliphatic heterocycles. The van der Waals surface area contributed by atoms with E-state index in [1.165, 1.54) is 19.4 Å². The highest BCUT2D eigenvalue weighted by molar-refractivity contribution is 5.99. The lowest BCUT2D eigenvalue weighted by molar-refractivity contribution is -0.143. The van der Waals surface area contributed by atoms with E-state index in [-0.39, 0.29) is 76.3 Å². The van der Waals surface area contributed by atoms with Gasteiger partial charge >= 0.3 is 5.97 Å². The highest BCUT2D eigenvalue weighted by Gasteiger charge is 2.40. The number of primary amides is 2. The molecule has 2 heterocycles. The maximum absolute atomic E-state index is 14.1. The summed E-state index contributed by atoms with van der Waals surface area (Å²) in [6, 6.07) is -12.3. The van der Waals surface area contributed by atoms with Gasteiger partial charge in [0.05, 0.1) is 19.0 Å². The Labute approximate surface area is 444 Å². The quantitative estimate of drug-likeness (QED) is 0.0173. The van der Waals surface area contributed by atoms with Crippen molar-refractivity contribution in [2.75, 3.05) is 26.2 Å². The Morgan fingerprint density at radius 3 is 1.88 bits per heavy atom. The van der Waals surface area contributed by atoms with Gasteiger partial charge < -0.3 is 91.3 Å². The second kappa shape index (κ2) is 32.5. The second-order valence-electron chi connectivity index (χ2n) is 19.2. The Kier molecular flexibility index (Phi) is 27.5. The van der Waals surface area contributed by atoms with Crippen molar-refractivity contribution < 1.29 is 67.7 Å². The minimum atomic E-state index is -1.71. The van der Waals surface area contributed by atoms with Gasteiger partial charge in [-0.2, -0.15) is 0 Å². The molecular formula is C46H77N17O14. The number of likely N-dealkylation sites (tertiary alicyclic amines) is 1. The van der Waals surface area contributed by atoms with Crippen LogP contribution in [-0.4, -0.2) is 183 Å². The number of carbonyl (C=O) groups excluding carboxylic acids is 11. The lowest BCUT2D eigenvalue weighted by Gasteiger charge is -2.30. The van der Waals surface area contributed by atoms with Crippen molar-refractivity contribution in [3.63, 3.8) is 0 Å². The summed E-state index contributed by atoms with van der Waals surface area (Å²) >= 11 is 0. The molecule has 0 bridgehead atoms. The standard InChI is InChI=1S/C46H77N17O14/c1-22(2)16-29(59-38(70)26(47)10-12-33(48)65)41(73)62-36(23(3)4)44(76)61-31(20-64)42(74)60-30(17-25-18-52-21-55-25)40(72)56-24(5)37(69)58-28(11-13-34(49)66)45(77)63-15-7-9-32(63)43(75)57-27(8-6-14-53-46(50)51)39(71)54-19-35(67)68/h18,21-24,26-32,36,64H,6-17,19-20,47H2,1-5H3,(H2,48,65)(H2,49,66)(H,52,55)(H,54,71)(H,56,72)(H,57,75)(H,58,69)(H,59,70)(H,60,74)(H,61,76)(H,62,73)(H,67,68)(H4,50,51,53)/t24-,26-,27-,28-,29-,30-,31-,32-,36-/m0/s1. The molecule has 0 aliphatic carbocycles. The number of aromatic amines is 1. The van der Waals surface area contributed by atoms with E-state index in [1.807, 2.05) is 0 Å². The lowest BCUT2D eigenvalue weighted by atomic mass is 9.99. The number of carboxylic acids is 1. The van der Waals surface area contributed by atoms with E-state index in [4.69, 9.17) is 33.8 Å². The maximum Gasteiger partial charge on any atom is 0.322 e. The average Bonchev–Trinajstić information content (AvgIpc) is 4.07.